The van der Waals surface area contributed by atoms with Crippen LogP contribution >= 0.6 is 0 Å². The minimum Gasteiger partial charge on any atom is -0.491 e. The Labute approximate surface area is 121 Å². The van der Waals surface area contributed by atoms with Crippen LogP contribution in [0.2, 0.25) is 0 Å². The van der Waals surface area contributed by atoms with E-state index in [-0.39, 0.29) is 5.56 Å². The Bertz CT molecular complexity index is 641. The minimum atomic E-state index is -0.975. The van der Waals surface area contributed by atoms with Gasteiger partial charge in [-0.3, -0.25) is 4.90 Å². The zero-order chi connectivity index (χ0) is 14.7. The zero-order valence-corrected chi connectivity index (χ0v) is 11.5. The van der Waals surface area contributed by atoms with E-state index >= 15 is 0 Å². The summed E-state index contributed by atoms with van der Waals surface area (Å²) in [5.41, 5.74) is 0.191. The fourth-order valence-corrected chi connectivity index (χ4v) is 2.36. The number of nitrogens with zero attached hydrogens (tertiary/aromatic N) is 4. The van der Waals surface area contributed by atoms with Crippen molar-refractivity contribution in [1.29, 1.82) is 0 Å². The Morgan fingerprint density at radius 1 is 1.33 bits per heavy atom. The lowest BCUT2D eigenvalue weighted by Crippen LogP contribution is -2.36. The van der Waals surface area contributed by atoms with Crippen molar-refractivity contribution in [3.63, 3.8) is 0 Å². The van der Waals surface area contributed by atoms with Crippen LogP contribution in [0.15, 0.2) is 30.6 Å². The van der Waals surface area contributed by atoms with Crippen molar-refractivity contribution >= 4 is 5.97 Å². The Morgan fingerprint density at radius 2 is 2.19 bits per heavy atom. The number of aromatic nitrogens is 3. The molecule has 2 heterocycles. The van der Waals surface area contributed by atoms with Gasteiger partial charge in [-0.05, 0) is 12.1 Å². The molecule has 1 aliphatic rings. The van der Waals surface area contributed by atoms with Crippen LogP contribution in [-0.4, -0.2) is 50.4 Å². The first-order valence-electron chi connectivity index (χ1n) is 6.78. The van der Waals surface area contributed by atoms with Gasteiger partial charge >= 0.3 is 5.97 Å². The fourth-order valence-electron chi connectivity index (χ4n) is 2.36. The molecule has 0 radical (unpaired) electrons. The predicted molar refractivity (Wildman–Crippen MR) is 74.2 cm³/mol. The van der Waals surface area contributed by atoms with Crippen LogP contribution in [0.5, 0.6) is 5.75 Å². The third-order valence-corrected chi connectivity index (χ3v) is 3.50. The number of fused-ring (bicyclic) bond motifs is 1. The smallest absolute Gasteiger partial charge is 0.339 e. The number of rotatable bonds is 5. The molecular formula is C14H16N4O3. The van der Waals surface area contributed by atoms with Crippen LogP contribution in [-0.2, 0) is 13.1 Å². The second kappa shape index (κ2) is 5.92. The summed E-state index contributed by atoms with van der Waals surface area (Å²) in [6.45, 7) is 3.69. The molecule has 1 aromatic heterocycles. The summed E-state index contributed by atoms with van der Waals surface area (Å²) >= 11 is 0. The van der Waals surface area contributed by atoms with Crippen molar-refractivity contribution in [3.8, 4) is 5.75 Å². The average molecular weight is 288 g/mol. The van der Waals surface area contributed by atoms with Crippen molar-refractivity contribution in [2.45, 2.75) is 13.1 Å². The highest BCUT2D eigenvalue weighted by Gasteiger charge is 2.17. The third-order valence-electron chi connectivity index (χ3n) is 3.50. The maximum absolute atomic E-state index is 11.1. The van der Waals surface area contributed by atoms with E-state index in [1.165, 1.54) is 0 Å². The second-order valence-electron chi connectivity index (χ2n) is 4.87. The van der Waals surface area contributed by atoms with E-state index in [2.05, 4.69) is 15.1 Å². The number of benzene rings is 1. The highest BCUT2D eigenvalue weighted by molar-refractivity contribution is 5.90. The number of carbonyl (C=O) groups is 1. The molecule has 0 saturated heterocycles. The summed E-state index contributed by atoms with van der Waals surface area (Å²) in [4.78, 5) is 13.3. The van der Waals surface area contributed by atoms with Crippen LogP contribution in [0.1, 0.15) is 16.2 Å². The van der Waals surface area contributed by atoms with Gasteiger partial charge in [-0.1, -0.05) is 12.1 Å². The maximum atomic E-state index is 11.1. The van der Waals surface area contributed by atoms with Gasteiger partial charge in [0.1, 0.15) is 30.1 Å². The summed E-state index contributed by atoms with van der Waals surface area (Å²) in [5.74, 6) is 0.383. The fraction of sp³-hybridized carbons (Fsp3) is 0.357. The molecule has 0 saturated carbocycles. The van der Waals surface area contributed by atoms with E-state index in [0.29, 0.717) is 12.4 Å². The molecule has 1 aromatic carbocycles. The van der Waals surface area contributed by atoms with Gasteiger partial charge in [0, 0.05) is 19.6 Å². The van der Waals surface area contributed by atoms with E-state index in [1.807, 2.05) is 4.57 Å². The number of hydrogen-bond acceptors (Lipinski definition) is 5. The molecule has 110 valence electrons. The van der Waals surface area contributed by atoms with Crippen LogP contribution in [0.3, 0.4) is 0 Å². The number of hydrogen-bond donors (Lipinski definition) is 1. The van der Waals surface area contributed by atoms with Gasteiger partial charge in [-0.15, -0.1) is 10.2 Å². The first-order valence-corrected chi connectivity index (χ1v) is 6.78. The monoisotopic (exact) mass is 288 g/mol. The number of aromatic carboxylic acids is 1. The van der Waals surface area contributed by atoms with E-state index < -0.39 is 5.97 Å². The Balaban J connectivity index is 1.54. The second-order valence-corrected chi connectivity index (χ2v) is 4.87. The normalized spacial score (nSPS) is 14.7. The topological polar surface area (TPSA) is 80.5 Å². The van der Waals surface area contributed by atoms with Crippen LogP contribution < -0.4 is 4.74 Å². The van der Waals surface area contributed by atoms with Crippen molar-refractivity contribution in [2.75, 3.05) is 19.7 Å². The number of ether oxygens (including phenoxy) is 1. The lowest BCUT2D eigenvalue weighted by molar-refractivity contribution is 0.0691. The largest absolute Gasteiger partial charge is 0.491 e. The molecule has 0 atom stereocenters. The van der Waals surface area contributed by atoms with Gasteiger partial charge in [0.2, 0.25) is 0 Å². The molecule has 1 aliphatic heterocycles. The predicted octanol–water partition coefficient (Wildman–Crippen LogP) is 0.871. The SMILES string of the molecule is O=C(O)c1ccccc1OCCN1CCn2cnnc2C1. The van der Waals surface area contributed by atoms with Crippen LogP contribution in [0.25, 0.3) is 0 Å². The molecule has 0 unspecified atom stereocenters. The number of carboxylic acid groups (broad SMARTS) is 1. The molecule has 0 aliphatic carbocycles. The molecule has 0 fully saturated rings. The average Bonchev–Trinajstić information content (AvgIpc) is 2.95. The molecule has 7 heteroatoms. The van der Waals surface area contributed by atoms with E-state index in [0.717, 1.165) is 32.0 Å². The van der Waals surface area contributed by atoms with E-state index in [9.17, 15) is 4.79 Å². The number of para-hydroxylation sites is 1. The highest BCUT2D eigenvalue weighted by Crippen LogP contribution is 2.18. The maximum Gasteiger partial charge on any atom is 0.339 e. The molecular weight excluding hydrogens is 272 g/mol. The lowest BCUT2D eigenvalue weighted by Gasteiger charge is -2.26. The van der Waals surface area contributed by atoms with Gasteiger partial charge in [-0.25, -0.2) is 4.79 Å². The first-order chi connectivity index (χ1) is 10.2. The molecule has 1 N–H and O–H groups in total. The highest BCUT2D eigenvalue weighted by atomic mass is 16.5. The van der Waals surface area contributed by atoms with Gasteiger partial charge in [0.25, 0.3) is 0 Å². The molecule has 7 nitrogen and oxygen atoms in total. The van der Waals surface area contributed by atoms with Gasteiger partial charge in [0.05, 0.1) is 6.54 Å². The molecule has 0 spiro atoms. The van der Waals surface area contributed by atoms with E-state index in [1.54, 1.807) is 30.6 Å². The van der Waals surface area contributed by atoms with Gasteiger partial charge in [0.15, 0.2) is 0 Å². The van der Waals surface area contributed by atoms with E-state index in [4.69, 9.17) is 9.84 Å². The minimum absolute atomic E-state index is 0.191. The Kier molecular flexibility index (Phi) is 3.83. The van der Waals surface area contributed by atoms with Crippen LogP contribution in [0.4, 0.5) is 0 Å². The molecule has 2 aromatic rings. The standard InChI is InChI=1S/C14H16N4O3/c19-14(20)11-3-1-2-4-12(11)21-8-7-17-5-6-18-10-15-16-13(18)9-17/h1-4,10H,5-9H2,(H,19,20). The van der Waals surface area contributed by atoms with Crippen molar-refractivity contribution < 1.29 is 14.6 Å². The Hall–Kier alpha value is -2.41. The molecule has 21 heavy (non-hydrogen) atoms. The van der Waals surface area contributed by atoms with Crippen molar-refractivity contribution in [3.05, 3.63) is 42.0 Å². The third kappa shape index (κ3) is 3.03. The summed E-state index contributed by atoms with van der Waals surface area (Å²) in [7, 11) is 0. The first kappa shape index (κ1) is 13.6. The lowest BCUT2D eigenvalue weighted by atomic mass is 10.2. The van der Waals surface area contributed by atoms with Crippen LogP contribution in [0, 0.1) is 0 Å². The van der Waals surface area contributed by atoms with Gasteiger partial charge in [-0.2, -0.15) is 0 Å². The van der Waals surface area contributed by atoms with Crippen molar-refractivity contribution in [1.82, 2.24) is 19.7 Å². The molecule has 0 amide bonds. The van der Waals surface area contributed by atoms with Gasteiger partial charge < -0.3 is 14.4 Å². The summed E-state index contributed by atoms with van der Waals surface area (Å²) in [6.07, 6.45) is 1.74. The van der Waals surface area contributed by atoms with Crippen molar-refractivity contribution in [2.24, 2.45) is 0 Å². The quantitative estimate of drug-likeness (QED) is 0.879. The number of carboxylic acids is 1. The summed E-state index contributed by atoms with van der Waals surface area (Å²) < 4.78 is 7.64. The molecule has 0 bridgehead atoms. The Morgan fingerprint density at radius 3 is 3.05 bits per heavy atom. The molecule has 3 rings (SSSR count). The zero-order valence-electron chi connectivity index (χ0n) is 11.5. The summed E-state index contributed by atoms with van der Waals surface area (Å²) in [5, 5.41) is 17.0. The summed E-state index contributed by atoms with van der Waals surface area (Å²) in [6, 6.07) is 6.68.